The predicted octanol–water partition coefficient (Wildman–Crippen LogP) is 0.433. The fraction of sp³-hybridized carbons (Fsp3) is 0.385. The van der Waals surface area contributed by atoms with Crippen LogP contribution in [0.2, 0.25) is 0 Å². The second-order valence-corrected chi connectivity index (χ2v) is 4.51. The number of halogens is 2. The molecule has 0 heterocycles. The molecule has 0 aliphatic heterocycles. The summed E-state index contributed by atoms with van der Waals surface area (Å²) in [6, 6.07) is 2.22. The lowest BCUT2D eigenvalue weighted by Gasteiger charge is -2.16. The second-order valence-electron chi connectivity index (χ2n) is 4.51. The van der Waals surface area contributed by atoms with Crippen LogP contribution in [0.25, 0.3) is 0 Å². The molecule has 0 aliphatic carbocycles. The van der Waals surface area contributed by atoms with Crippen molar-refractivity contribution in [3.63, 3.8) is 0 Å². The Morgan fingerprint density at radius 2 is 1.85 bits per heavy atom. The van der Waals surface area contributed by atoms with Crippen LogP contribution in [0.4, 0.5) is 13.6 Å². The van der Waals surface area contributed by atoms with E-state index in [1.807, 2.05) is 0 Å². The first-order chi connectivity index (χ1) is 9.35. The Labute approximate surface area is 115 Å². The third-order valence-corrected chi connectivity index (χ3v) is 2.92. The van der Waals surface area contributed by atoms with Crippen molar-refractivity contribution >= 4 is 11.9 Å². The Hall–Kier alpha value is -2.02. The van der Waals surface area contributed by atoms with Gasteiger partial charge in [0.25, 0.3) is 5.91 Å². The van der Waals surface area contributed by atoms with Crippen LogP contribution in [-0.2, 0) is 4.79 Å². The van der Waals surface area contributed by atoms with Crippen LogP contribution < -0.4 is 16.0 Å². The number of benzene rings is 1. The molecule has 0 radical (unpaired) electrons. The summed E-state index contributed by atoms with van der Waals surface area (Å²) in [6.45, 7) is 3.38. The first-order valence-corrected chi connectivity index (χ1v) is 6.17. The Morgan fingerprint density at radius 1 is 1.20 bits per heavy atom. The average molecular weight is 286 g/mol. The van der Waals surface area contributed by atoms with E-state index in [1.54, 1.807) is 19.2 Å². The van der Waals surface area contributed by atoms with Gasteiger partial charge in [0.1, 0.15) is 6.04 Å². The molecule has 7 heteroatoms. The summed E-state index contributed by atoms with van der Waals surface area (Å²) >= 11 is 0. The van der Waals surface area contributed by atoms with Crippen molar-refractivity contribution in [2.24, 2.45) is 0 Å². The summed E-state index contributed by atoms with van der Waals surface area (Å²) in [7, 11) is 1.40. The van der Waals surface area contributed by atoms with E-state index in [9.17, 15) is 18.4 Å². The molecular weight excluding hydrogens is 268 g/mol. The van der Waals surface area contributed by atoms with Crippen LogP contribution in [-0.4, -0.2) is 25.0 Å². The van der Waals surface area contributed by atoms with Gasteiger partial charge < -0.3 is 10.6 Å². The van der Waals surface area contributed by atoms with Crippen LogP contribution >= 0.6 is 0 Å². The molecule has 0 bridgehead atoms. The minimum Gasteiger partial charge on any atom is -0.341 e. The summed E-state index contributed by atoms with van der Waals surface area (Å²) < 4.78 is 26.0. The van der Waals surface area contributed by atoms with Gasteiger partial charge in [-0.15, -0.1) is 0 Å². The van der Waals surface area contributed by atoms with E-state index in [4.69, 9.17) is 0 Å². The fourth-order valence-corrected chi connectivity index (χ4v) is 1.72. The number of hydrogen-bond acceptors (Lipinski definition) is 2. The van der Waals surface area contributed by atoms with E-state index < -0.39 is 29.6 Å². The number of quaternary nitrogens is 1. The zero-order valence-corrected chi connectivity index (χ0v) is 11.5. The van der Waals surface area contributed by atoms with Crippen LogP contribution in [0.5, 0.6) is 0 Å². The number of rotatable bonds is 4. The molecule has 1 aromatic rings. The van der Waals surface area contributed by atoms with Crippen molar-refractivity contribution in [1.29, 1.82) is 0 Å². The highest BCUT2D eigenvalue weighted by Gasteiger charge is 2.22. The second kappa shape index (κ2) is 6.95. The number of carbonyl (C=O) groups excluding carboxylic acids is 2. The number of imide groups is 1. The topological polar surface area (TPSA) is 74.8 Å². The summed E-state index contributed by atoms with van der Waals surface area (Å²) in [5.74, 6) is -2.30. The van der Waals surface area contributed by atoms with Gasteiger partial charge in [-0.25, -0.2) is 13.6 Å². The minimum atomic E-state index is -0.926. The standard InChI is InChI=1S/C13H17F2N3O2/c1-7(9-4-5-10(14)11(15)6-9)17-8(2)12(19)18-13(20)16-3/h4-8,17H,1-3H3,(H2,16,18,19,20)/p+1/t7-,8+/m1/s1. The van der Waals surface area contributed by atoms with Gasteiger partial charge in [0.15, 0.2) is 17.7 Å². The Kier molecular flexibility index (Phi) is 5.57. The smallest absolute Gasteiger partial charge is 0.321 e. The molecule has 0 spiro atoms. The molecule has 3 amide bonds. The molecule has 110 valence electrons. The lowest BCUT2D eigenvalue weighted by molar-refractivity contribution is -0.710. The molecule has 2 atom stereocenters. The van der Waals surface area contributed by atoms with Crippen molar-refractivity contribution in [2.45, 2.75) is 25.9 Å². The lowest BCUT2D eigenvalue weighted by atomic mass is 10.1. The molecule has 0 saturated carbocycles. The molecule has 0 fully saturated rings. The van der Waals surface area contributed by atoms with Crippen LogP contribution in [0.15, 0.2) is 18.2 Å². The Bertz CT molecular complexity index is 508. The number of nitrogens with one attached hydrogen (secondary N) is 2. The van der Waals surface area contributed by atoms with E-state index in [2.05, 4.69) is 10.6 Å². The molecule has 0 unspecified atom stereocenters. The number of amides is 3. The van der Waals surface area contributed by atoms with E-state index in [0.29, 0.717) is 5.56 Å². The third kappa shape index (κ3) is 4.27. The van der Waals surface area contributed by atoms with E-state index in [-0.39, 0.29) is 6.04 Å². The van der Waals surface area contributed by atoms with Crippen molar-refractivity contribution in [3.8, 4) is 0 Å². The summed E-state index contributed by atoms with van der Waals surface area (Å²) in [5, 5.41) is 6.08. The Balaban J connectivity index is 2.64. The molecular formula is C13H18F2N3O2+. The van der Waals surface area contributed by atoms with Gasteiger partial charge in [0.2, 0.25) is 0 Å². The highest BCUT2D eigenvalue weighted by molar-refractivity contribution is 5.95. The molecule has 1 aromatic carbocycles. The van der Waals surface area contributed by atoms with Crippen molar-refractivity contribution in [3.05, 3.63) is 35.4 Å². The quantitative estimate of drug-likeness (QED) is 0.751. The number of nitrogens with two attached hydrogens (primary N) is 1. The molecule has 5 nitrogen and oxygen atoms in total. The monoisotopic (exact) mass is 286 g/mol. The normalized spacial score (nSPS) is 13.4. The maximum Gasteiger partial charge on any atom is 0.321 e. The zero-order valence-electron chi connectivity index (χ0n) is 11.5. The van der Waals surface area contributed by atoms with Gasteiger partial charge in [-0.1, -0.05) is 0 Å². The Morgan fingerprint density at radius 3 is 2.40 bits per heavy atom. The fourth-order valence-electron chi connectivity index (χ4n) is 1.72. The number of hydrogen-bond donors (Lipinski definition) is 3. The molecule has 0 aromatic heterocycles. The highest BCUT2D eigenvalue weighted by atomic mass is 19.2. The van der Waals surface area contributed by atoms with Gasteiger partial charge in [-0.05, 0) is 32.0 Å². The minimum absolute atomic E-state index is 0.254. The SMILES string of the molecule is CNC(=O)NC(=O)[C@H](C)[NH2+][C@H](C)c1ccc(F)c(F)c1. The molecule has 0 aliphatic rings. The summed E-state index contributed by atoms with van der Waals surface area (Å²) in [5.41, 5.74) is 0.559. The van der Waals surface area contributed by atoms with E-state index in [1.165, 1.54) is 13.1 Å². The lowest BCUT2D eigenvalue weighted by Crippen LogP contribution is -2.92. The third-order valence-electron chi connectivity index (χ3n) is 2.92. The molecule has 0 saturated heterocycles. The van der Waals surface area contributed by atoms with Gasteiger partial charge >= 0.3 is 6.03 Å². The van der Waals surface area contributed by atoms with Gasteiger partial charge in [0, 0.05) is 12.6 Å². The maximum atomic E-state index is 13.1. The van der Waals surface area contributed by atoms with Crippen LogP contribution in [0.3, 0.4) is 0 Å². The van der Waals surface area contributed by atoms with Gasteiger partial charge in [0.05, 0.1) is 0 Å². The molecule has 4 N–H and O–H groups in total. The summed E-state index contributed by atoms with van der Waals surface area (Å²) in [4.78, 5) is 22.7. The number of carbonyl (C=O) groups is 2. The first-order valence-electron chi connectivity index (χ1n) is 6.17. The van der Waals surface area contributed by atoms with Crippen molar-refractivity contribution < 1.29 is 23.7 Å². The first kappa shape index (κ1) is 16.0. The zero-order chi connectivity index (χ0) is 15.3. The van der Waals surface area contributed by atoms with E-state index in [0.717, 1.165) is 12.1 Å². The van der Waals surface area contributed by atoms with Crippen LogP contribution in [0, 0.1) is 11.6 Å². The predicted molar refractivity (Wildman–Crippen MR) is 68.8 cm³/mol. The van der Waals surface area contributed by atoms with Gasteiger partial charge in [-0.3, -0.25) is 10.1 Å². The average Bonchev–Trinajstić information content (AvgIpc) is 2.41. The highest BCUT2D eigenvalue weighted by Crippen LogP contribution is 2.13. The van der Waals surface area contributed by atoms with E-state index >= 15 is 0 Å². The maximum absolute atomic E-state index is 13.1. The number of urea groups is 1. The van der Waals surface area contributed by atoms with Crippen LogP contribution in [0.1, 0.15) is 25.5 Å². The van der Waals surface area contributed by atoms with Crippen molar-refractivity contribution in [2.75, 3.05) is 7.05 Å². The molecule has 20 heavy (non-hydrogen) atoms. The van der Waals surface area contributed by atoms with Crippen molar-refractivity contribution in [1.82, 2.24) is 10.6 Å². The molecule has 1 rings (SSSR count). The summed E-state index contributed by atoms with van der Waals surface area (Å²) in [6.07, 6.45) is 0. The largest absolute Gasteiger partial charge is 0.341 e. The van der Waals surface area contributed by atoms with Gasteiger partial charge in [-0.2, -0.15) is 0 Å².